The number of benzene rings is 2. The van der Waals surface area contributed by atoms with Crippen LogP contribution in [0, 0.1) is 0 Å². The second kappa shape index (κ2) is 10.4. The van der Waals surface area contributed by atoms with Crippen LogP contribution in [0.1, 0.15) is 23.6 Å². The van der Waals surface area contributed by atoms with Crippen LogP contribution in [0.5, 0.6) is 5.75 Å². The van der Waals surface area contributed by atoms with Gasteiger partial charge < -0.3 is 19.5 Å². The summed E-state index contributed by atoms with van der Waals surface area (Å²) in [6.45, 7) is 0.646. The molecule has 10 heteroatoms. The van der Waals surface area contributed by atoms with Gasteiger partial charge in [-0.1, -0.05) is 12.1 Å². The van der Waals surface area contributed by atoms with E-state index < -0.39 is 27.8 Å². The Bertz CT molecular complexity index is 1200. The summed E-state index contributed by atoms with van der Waals surface area (Å²) in [6.07, 6.45) is 0.501. The van der Waals surface area contributed by atoms with Crippen molar-refractivity contribution in [3.63, 3.8) is 0 Å². The molecule has 182 valence electrons. The van der Waals surface area contributed by atoms with Crippen molar-refractivity contribution in [3.8, 4) is 5.75 Å². The lowest BCUT2D eigenvalue weighted by atomic mass is 9.95. The van der Waals surface area contributed by atoms with E-state index in [1.807, 2.05) is 0 Å². The van der Waals surface area contributed by atoms with Gasteiger partial charge in [0.05, 0.1) is 23.6 Å². The van der Waals surface area contributed by atoms with E-state index in [9.17, 15) is 23.1 Å². The molecular formula is C24H28N2O7S. The lowest BCUT2D eigenvalue weighted by Gasteiger charge is -2.25. The van der Waals surface area contributed by atoms with Crippen molar-refractivity contribution in [1.29, 1.82) is 0 Å². The van der Waals surface area contributed by atoms with Crippen LogP contribution in [0.4, 0.5) is 0 Å². The van der Waals surface area contributed by atoms with E-state index in [0.717, 1.165) is 4.31 Å². The number of hydrogen-bond donors (Lipinski definition) is 1. The molecule has 1 aliphatic rings. The van der Waals surface area contributed by atoms with Gasteiger partial charge in [0.2, 0.25) is 10.0 Å². The zero-order chi connectivity index (χ0) is 25.0. The normalized spacial score (nSPS) is 18.0. The fourth-order valence-corrected chi connectivity index (χ4v) is 4.70. The number of nitrogens with zero attached hydrogens (tertiary/aromatic N) is 2. The Balaban J connectivity index is 2.11. The van der Waals surface area contributed by atoms with Crippen molar-refractivity contribution in [3.05, 3.63) is 65.2 Å². The van der Waals surface area contributed by atoms with E-state index in [-0.39, 0.29) is 28.3 Å². The predicted octanol–water partition coefficient (Wildman–Crippen LogP) is 2.40. The number of aliphatic hydroxyl groups excluding tert-OH is 1. The molecule has 1 aliphatic heterocycles. The fraction of sp³-hybridized carbons (Fsp3) is 0.333. The highest BCUT2D eigenvalue weighted by atomic mass is 32.2. The van der Waals surface area contributed by atoms with Crippen molar-refractivity contribution in [1.82, 2.24) is 9.21 Å². The minimum absolute atomic E-state index is 0.0402. The number of amides is 1. The Labute approximate surface area is 199 Å². The second-order valence-corrected chi connectivity index (χ2v) is 10.1. The van der Waals surface area contributed by atoms with Crippen LogP contribution in [0.15, 0.2) is 59.0 Å². The predicted molar refractivity (Wildman–Crippen MR) is 126 cm³/mol. The third kappa shape index (κ3) is 4.84. The maximum atomic E-state index is 13.0. The van der Waals surface area contributed by atoms with Crippen LogP contribution < -0.4 is 4.74 Å². The number of rotatable bonds is 9. The van der Waals surface area contributed by atoms with Gasteiger partial charge in [-0.25, -0.2) is 12.7 Å². The van der Waals surface area contributed by atoms with Crippen LogP contribution in [0.25, 0.3) is 5.76 Å². The van der Waals surface area contributed by atoms with Crippen LogP contribution in [0.3, 0.4) is 0 Å². The minimum Gasteiger partial charge on any atom is -0.507 e. The molecule has 0 bridgehead atoms. The third-order valence-electron chi connectivity index (χ3n) is 5.60. The maximum absolute atomic E-state index is 13.0. The number of Topliss-reactive ketones (excluding diaryl/α,β-unsaturated/α-hetero) is 1. The van der Waals surface area contributed by atoms with Crippen LogP contribution in [-0.2, 0) is 24.3 Å². The Kier molecular flexibility index (Phi) is 7.75. The molecule has 1 unspecified atom stereocenters. The van der Waals surface area contributed by atoms with Crippen molar-refractivity contribution >= 4 is 27.5 Å². The molecule has 0 aliphatic carbocycles. The molecule has 9 nitrogen and oxygen atoms in total. The first kappa shape index (κ1) is 25.4. The maximum Gasteiger partial charge on any atom is 0.295 e. The number of ether oxygens (including phenoxy) is 2. The lowest BCUT2D eigenvalue weighted by molar-refractivity contribution is -0.140. The van der Waals surface area contributed by atoms with Gasteiger partial charge in [-0.05, 0) is 48.4 Å². The molecule has 0 spiro atoms. The highest BCUT2D eigenvalue weighted by Crippen LogP contribution is 2.40. The molecule has 1 fully saturated rings. The first-order valence-corrected chi connectivity index (χ1v) is 12.0. The molecular weight excluding hydrogens is 460 g/mol. The molecule has 1 N–H and O–H groups in total. The van der Waals surface area contributed by atoms with Gasteiger partial charge in [-0.15, -0.1) is 0 Å². The van der Waals surface area contributed by atoms with Gasteiger partial charge in [0.15, 0.2) is 0 Å². The molecule has 1 atom stereocenters. The smallest absolute Gasteiger partial charge is 0.295 e. The summed E-state index contributed by atoms with van der Waals surface area (Å²) in [7, 11) is 2.24. The Morgan fingerprint density at radius 2 is 1.76 bits per heavy atom. The van der Waals surface area contributed by atoms with E-state index in [4.69, 9.17) is 9.47 Å². The first-order valence-electron chi connectivity index (χ1n) is 10.6. The van der Waals surface area contributed by atoms with Crippen molar-refractivity contribution in [2.45, 2.75) is 17.4 Å². The van der Waals surface area contributed by atoms with E-state index in [0.29, 0.717) is 24.3 Å². The number of carbonyl (C=O) groups is 2. The number of hydrogen-bond acceptors (Lipinski definition) is 7. The van der Waals surface area contributed by atoms with E-state index in [2.05, 4.69) is 0 Å². The average Bonchev–Trinajstić information content (AvgIpc) is 3.08. The number of methoxy groups -OCH3 is 2. The number of ketones is 1. The molecule has 0 saturated carbocycles. The van der Waals surface area contributed by atoms with Crippen LogP contribution in [-0.4, -0.2) is 75.9 Å². The Morgan fingerprint density at radius 3 is 2.35 bits per heavy atom. The molecule has 0 radical (unpaired) electrons. The summed E-state index contributed by atoms with van der Waals surface area (Å²) >= 11 is 0. The Morgan fingerprint density at radius 1 is 1.09 bits per heavy atom. The first-order chi connectivity index (χ1) is 16.1. The number of likely N-dealkylation sites (tertiary alicyclic amines) is 1. The highest BCUT2D eigenvalue weighted by molar-refractivity contribution is 7.89. The molecule has 34 heavy (non-hydrogen) atoms. The average molecular weight is 489 g/mol. The number of carbonyl (C=O) groups excluding carboxylic acids is 2. The summed E-state index contributed by atoms with van der Waals surface area (Å²) < 4.78 is 36.2. The quantitative estimate of drug-likeness (QED) is 0.250. The zero-order valence-corrected chi connectivity index (χ0v) is 20.3. The van der Waals surface area contributed by atoms with Gasteiger partial charge in [0.1, 0.15) is 11.5 Å². The monoisotopic (exact) mass is 488 g/mol. The highest BCUT2D eigenvalue weighted by Gasteiger charge is 2.45. The van der Waals surface area contributed by atoms with Gasteiger partial charge in [0, 0.05) is 39.9 Å². The summed E-state index contributed by atoms with van der Waals surface area (Å²) in [5, 5.41) is 11.1. The van der Waals surface area contributed by atoms with Gasteiger partial charge in [-0.3, -0.25) is 9.59 Å². The van der Waals surface area contributed by atoms with Gasteiger partial charge in [0.25, 0.3) is 11.7 Å². The van der Waals surface area contributed by atoms with Crippen LogP contribution in [0.2, 0.25) is 0 Å². The van der Waals surface area contributed by atoms with Crippen molar-refractivity contribution in [2.75, 3.05) is 41.5 Å². The van der Waals surface area contributed by atoms with Gasteiger partial charge in [-0.2, -0.15) is 0 Å². The van der Waals surface area contributed by atoms with Crippen LogP contribution >= 0.6 is 0 Å². The molecule has 1 heterocycles. The van der Waals surface area contributed by atoms with Gasteiger partial charge >= 0.3 is 0 Å². The Hall–Kier alpha value is -3.21. The SMILES string of the molecule is COCCCN1C(=O)C(=O)C(=C(O)c2ccc(S(=O)(=O)N(C)C)cc2)C1c1cccc(OC)c1. The van der Waals surface area contributed by atoms with E-state index in [1.54, 1.807) is 31.4 Å². The summed E-state index contributed by atoms with van der Waals surface area (Å²) in [4.78, 5) is 27.4. The topological polar surface area (TPSA) is 113 Å². The zero-order valence-electron chi connectivity index (χ0n) is 19.5. The minimum atomic E-state index is -3.66. The molecule has 0 aromatic heterocycles. The summed E-state index contributed by atoms with van der Waals surface area (Å²) in [5.41, 5.74) is 0.753. The summed E-state index contributed by atoms with van der Waals surface area (Å²) in [5.74, 6) is -1.38. The molecule has 1 saturated heterocycles. The molecule has 1 amide bonds. The van der Waals surface area contributed by atoms with E-state index in [1.165, 1.54) is 50.4 Å². The van der Waals surface area contributed by atoms with Crippen molar-refractivity contribution < 1.29 is 32.6 Å². The number of aliphatic hydroxyl groups is 1. The third-order valence-corrected chi connectivity index (χ3v) is 7.43. The fourth-order valence-electron chi connectivity index (χ4n) is 3.80. The van der Waals surface area contributed by atoms with Crippen molar-refractivity contribution in [2.24, 2.45) is 0 Å². The summed E-state index contributed by atoms with van der Waals surface area (Å²) in [6, 6.07) is 11.6. The standard InChI is InChI=1S/C24H28N2O7S/c1-25(2)34(30,31)19-11-9-16(10-12-19)22(27)20-21(17-7-5-8-18(15-17)33-4)26(13-6-14-32-3)24(29)23(20)28/h5,7-12,15,21,27H,6,13-14H2,1-4H3. The van der Waals surface area contributed by atoms with E-state index >= 15 is 0 Å². The number of sulfonamides is 1. The molecule has 2 aromatic rings. The largest absolute Gasteiger partial charge is 0.507 e. The lowest BCUT2D eigenvalue weighted by Crippen LogP contribution is -2.31. The molecule has 3 rings (SSSR count). The molecule has 2 aromatic carbocycles. The second-order valence-electron chi connectivity index (χ2n) is 7.93.